The molecule has 1 N–H and O–H groups in total. The minimum Gasteiger partial charge on any atom is -0.326 e. The van der Waals surface area contributed by atoms with Crippen LogP contribution < -0.4 is 5.32 Å². The molecule has 20 heavy (non-hydrogen) atoms. The molecule has 1 aromatic carbocycles. The summed E-state index contributed by atoms with van der Waals surface area (Å²) in [6.07, 6.45) is 4.56. The van der Waals surface area contributed by atoms with Gasteiger partial charge in [0.2, 0.25) is 5.91 Å². The Balaban J connectivity index is 1.46. The number of nitriles is 1. The predicted octanol–water partition coefficient (Wildman–Crippen LogP) is 2.37. The molecule has 2 aliphatic rings. The normalized spacial score (nSPS) is 24.6. The van der Waals surface area contributed by atoms with Crippen LogP contribution in [0.15, 0.2) is 24.3 Å². The molecule has 1 aromatic rings. The molecule has 1 saturated carbocycles. The third kappa shape index (κ3) is 2.83. The van der Waals surface area contributed by atoms with Crippen molar-refractivity contribution in [1.29, 1.82) is 5.26 Å². The van der Waals surface area contributed by atoms with E-state index < -0.39 is 0 Å². The highest BCUT2D eigenvalue weighted by molar-refractivity contribution is 5.90. The van der Waals surface area contributed by atoms with Crippen molar-refractivity contribution in [3.63, 3.8) is 0 Å². The highest BCUT2D eigenvalue weighted by atomic mass is 16.1. The molecule has 1 saturated heterocycles. The van der Waals surface area contributed by atoms with E-state index in [-0.39, 0.29) is 5.91 Å². The zero-order chi connectivity index (χ0) is 13.9. The lowest BCUT2D eigenvalue weighted by molar-refractivity contribution is -0.116. The van der Waals surface area contributed by atoms with Crippen LogP contribution >= 0.6 is 0 Å². The van der Waals surface area contributed by atoms with E-state index in [0.717, 1.165) is 24.2 Å². The molecule has 1 amide bonds. The second-order valence-corrected chi connectivity index (χ2v) is 5.82. The van der Waals surface area contributed by atoms with Crippen LogP contribution in [0.1, 0.15) is 31.2 Å². The van der Waals surface area contributed by atoms with E-state index in [2.05, 4.69) is 16.3 Å². The smallest absolute Gasteiger partial charge is 0.225 e. The number of hydrogen-bond donors (Lipinski definition) is 1. The zero-order valence-corrected chi connectivity index (χ0v) is 11.5. The maximum Gasteiger partial charge on any atom is 0.225 e. The summed E-state index contributed by atoms with van der Waals surface area (Å²) in [6.45, 7) is 2.04. The van der Waals surface area contributed by atoms with Gasteiger partial charge in [-0.15, -0.1) is 0 Å². The number of fused-ring (bicyclic) bond motifs is 2. The van der Waals surface area contributed by atoms with Gasteiger partial charge in [0.15, 0.2) is 0 Å². The molecule has 2 unspecified atom stereocenters. The lowest BCUT2D eigenvalue weighted by atomic mass is 10.1. The highest BCUT2D eigenvalue weighted by Crippen LogP contribution is 2.37. The number of carbonyl (C=O) groups excluding carboxylic acids is 1. The number of hydrogen-bond acceptors (Lipinski definition) is 3. The number of carbonyl (C=O) groups is 1. The lowest BCUT2D eigenvalue weighted by Gasteiger charge is -2.26. The van der Waals surface area contributed by atoms with Crippen LogP contribution in [0, 0.1) is 17.2 Å². The fourth-order valence-corrected chi connectivity index (χ4v) is 3.40. The van der Waals surface area contributed by atoms with Gasteiger partial charge >= 0.3 is 0 Å². The molecule has 3 rings (SSSR count). The van der Waals surface area contributed by atoms with Crippen LogP contribution in [0.3, 0.4) is 0 Å². The number of amides is 1. The van der Waals surface area contributed by atoms with Gasteiger partial charge in [0.05, 0.1) is 11.6 Å². The van der Waals surface area contributed by atoms with Gasteiger partial charge in [0.25, 0.3) is 0 Å². The molecular formula is C16H19N3O. The van der Waals surface area contributed by atoms with E-state index in [1.54, 1.807) is 24.3 Å². The van der Waals surface area contributed by atoms with Crippen molar-refractivity contribution in [2.24, 2.45) is 5.92 Å². The molecule has 0 radical (unpaired) electrons. The summed E-state index contributed by atoms with van der Waals surface area (Å²) in [5, 5.41) is 11.6. The molecule has 1 heterocycles. The standard InChI is InChI=1S/C16H19N3O/c17-10-12-1-4-14(5-2-12)18-16(20)7-8-19-11-13-3-6-15(19)9-13/h1-2,4-5,13,15H,3,6-9,11H2,(H,18,20). The molecule has 0 spiro atoms. The molecule has 4 heteroatoms. The van der Waals surface area contributed by atoms with Gasteiger partial charge in [-0.1, -0.05) is 0 Å². The first-order chi connectivity index (χ1) is 9.74. The van der Waals surface area contributed by atoms with E-state index >= 15 is 0 Å². The Hall–Kier alpha value is -1.86. The molecule has 2 fully saturated rings. The molecule has 1 aliphatic carbocycles. The number of benzene rings is 1. The minimum absolute atomic E-state index is 0.0532. The largest absolute Gasteiger partial charge is 0.326 e. The summed E-state index contributed by atoms with van der Waals surface area (Å²) in [5.74, 6) is 0.930. The maximum atomic E-state index is 11.9. The fourth-order valence-electron chi connectivity index (χ4n) is 3.40. The number of piperidine rings is 1. The predicted molar refractivity (Wildman–Crippen MR) is 77.1 cm³/mol. The van der Waals surface area contributed by atoms with E-state index in [1.165, 1.54) is 25.8 Å². The van der Waals surface area contributed by atoms with Crippen LogP contribution in [0.25, 0.3) is 0 Å². The Bertz CT molecular complexity index is 532. The van der Waals surface area contributed by atoms with E-state index in [9.17, 15) is 4.79 Å². The van der Waals surface area contributed by atoms with Crippen LogP contribution in [0.4, 0.5) is 5.69 Å². The Morgan fingerprint density at radius 1 is 1.35 bits per heavy atom. The summed E-state index contributed by atoms with van der Waals surface area (Å²) >= 11 is 0. The van der Waals surface area contributed by atoms with Crippen molar-refractivity contribution in [2.75, 3.05) is 18.4 Å². The zero-order valence-electron chi connectivity index (χ0n) is 11.5. The molecule has 0 aromatic heterocycles. The van der Waals surface area contributed by atoms with Crippen molar-refractivity contribution in [1.82, 2.24) is 4.90 Å². The number of anilines is 1. The topological polar surface area (TPSA) is 56.1 Å². The first-order valence-electron chi connectivity index (χ1n) is 7.28. The molecular weight excluding hydrogens is 250 g/mol. The molecule has 4 nitrogen and oxygen atoms in total. The van der Waals surface area contributed by atoms with Gasteiger partial charge in [-0.3, -0.25) is 9.69 Å². The van der Waals surface area contributed by atoms with Crippen molar-refractivity contribution in [2.45, 2.75) is 31.7 Å². The summed E-state index contributed by atoms with van der Waals surface area (Å²) < 4.78 is 0. The van der Waals surface area contributed by atoms with Gasteiger partial charge in [0.1, 0.15) is 0 Å². The summed E-state index contributed by atoms with van der Waals surface area (Å²) in [7, 11) is 0. The average Bonchev–Trinajstić information content (AvgIpc) is 3.08. The van der Waals surface area contributed by atoms with Gasteiger partial charge in [-0.2, -0.15) is 5.26 Å². The van der Waals surface area contributed by atoms with Crippen LogP contribution in [0.5, 0.6) is 0 Å². The van der Waals surface area contributed by atoms with Gasteiger partial charge < -0.3 is 5.32 Å². The minimum atomic E-state index is 0.0532. The van der Waals surface area contributed by atoms with Crippen molar-refractivity contribution in [3.05, 3.63) is 29.8 Å². The first kappa shape index (κ1) is 13.1. The quantitative estimate of drug-likeness (QED) is 0.913. The summed E-state index contributed by atoms with van der Waals surface area (Å²) in [5.41, 5.74) is 1.37. The van der Waals surface area contributed by atoms with Crippen LogP contribution in [-0.2, 0) is 4.79 Å². The first-order valence-corrected chi connectivity index (χ1v) is 7.28. The fraction of sp³-hybridized carbons (Fsp3) is 0.500. The third-order valence-corrected chi connectivity index (χ3v) is 4.45. The van der Waals surface area contributed by atoms with E-state index in [1.807, 2.05) is 0 Å². The molecule has 1 aliphatic heterocycles. The van der Waals surface area contributed by atoms with Crippen LogP contribution in [-0.4, -0.2) is 29.9 Å². The Morgan fingerprint density at radius 3 is 2.75 bits per heavy atom. The van der Waals surface area contributed by atoms with Crippen molar-refractivity contribution < 1.29 is 4.79 Å². The van der Waals surface area contributed by atoms with Gasteiger partial charge in [0, 0.05) is 31.2 Å². The number of nitrogens with one attached hydrogen (secondary N) is 1. The summed E-state index contributed by atoms with van der Waals surface area (Å²) in [4.78, 5) is 14.4. The van der Waals surface area contributed by atoms with Crippen molar-refractivity contribution in [3.8, 4) is 6.07 Å². The SMILES string of the molecule is N#Cc1ccc(NC(=O)CCN2CC3CCC2C3)cc1. The Kier molecular flexibility index (Phi) is 3.70. The highest BCUT2D eigenvalue weighted by Gasteiger charge is 2.37. The van der Waals surface area contributed by atoms with Gasteiger partial charge in [-0.05, 0) is 49.4 Å². The van der Waals surface area contributed by atoms with Gasteiger partial charge in [-0.25, -0.2) is 0 Å². The average molecular weight is 269 g/mol. The molecule has 104 valence electrons. The maximum absolute atomic E-state index is 11.9. The number of nitrogens with zero attached hydrogens (tertiary/aromatic N) is 2. The Labute approximate surface area is 119 Å². The number of rotatable bonds is 4. The molecule has 2 atom stereocenters. The van der Waals surface area contributed by atoms with E-state index in [0.29, 0.717) is 12.0 Å². The Morgan fingerprint density at radius 2 is 2.15 bits per heavy atom. The van der Waals surface area contributed by atoms with E-state index in [4.69, 9.17) is 5.26 Å². The monoisotopic (exact) mass is 269 g/mol. The van der Waals surface area contributed by atoms with Crippen LogP contribution in [0.2, 0.25) is 0 Å². The summed E-state index contributed by atoms with van der Waals surface area (Å²) in [6, 6.07) is 9.77. The van der Waals surface area contributed by atoms with Crippen molar-refractivity contribution >= 4 is 11.6 Å². The second kappa shape index (κ2) is 5.64. The second-order valence-electron chi connectivity index (χ2n) is 5.82. The molecule has 2 bridgehead atoms. The number of likely N-dealkylation sites (tertiary alicyclic amines) is 1. The lowest BCUT2D eigenvalue weighted by Crippen LogP contribution is -2.34. The third-order valence-electron chi connectivity index (χ3n) is 4.45.